The number of H-pyrrole nitrogens is 1. The molecule has 0 amide bonds. The van der Waals surface area contributed by atoms with Crippen LogP contribution in [0.25, 0.3) is 0 Å². The molecule has 0 aromatic carbocycles. The van der Waals surface area contributed by atoms with Crippen molar-refractivity contribution in [2.75, 3.05) is 12.9 Å². The van der Waals surface area contributed by atoms with Crippen LogP contribution in [0.2, 0.25) is 0 Å². The van der Waals surface area contributed by atoms with Gasteiger partial charge in [-0.2, -0.15) is 4.98 Å². The fourth-order valence-corrected chi connectivity index (χ4v) is 5.78. The Kier molecular flexibility index (Phi) is 4.06. The number of rotatable bonds is 5. The smallest absolute Gasteiger partial charge is 0.316 e. The van der Waals surface area contributed by atoms with Crippen molar-refractivity contribution in [3.63, 3.8) is 0 Å². The lowest BCUT2D eigenvalue weighted by Crippen LogP contribution is -2.52. The van der Waals surface area contributed by atoms with Gasteiger partial charge in [0, 0.05) is 0 Å². The molecule has 0 atom stereocenters. The van der Waals surface area contributed by atoms with Gasteiger partial charge in [0.05, 0.1) is 18.9 Å². The summed E-state index contributed by atoms with van der Waals surface area (Å²) in [5, 5.41) is 0.377. The zero-order chi connectivity index (χ0) is 16.7. The van der Waals surface area contributed by atoms with Crippen molar-refractivity contribution in [2.24, 2.45) is 17.8 Å². The first kappa shape index (κ1) is 16.0. The number of aromatic nitrogens is 2. The predicted molar refractivity (Wildman–Crippen MR) is 89.1 cm³/mol. The molecule has 5 rings (SSSR count). The Morgan fingerprint density at radius 2 is 1.92 bits per heavy atom. The van der Waals surface area contributed by atoms with Gasteiger partial charge in [0.25, 0.3) is 5.56 Å². The molecule has 4 aliphatic rings. The van der Waals surface area contributed by atoms with Gasteiger partial charge in [-0.05, 0) is 56.3 Å². The topological polar surface area (TPSA) is 81.3 Å². The number of esters is 1. The monoisotopic (exact) mass is 350 g/mol. The third kappa shape index (κ3) is 3.18. The van der Waals surface area contributed by atoms with Gasteiger partial charge in [-0.25, -0.2) is 0 Å². The van der Waals surface area contributed by atoms with Crippen LogP contribution in [0.15, 0.2) is 16.0 Å². The highest BCUT2D eigenvalue weighted by molar-refractivity contribution is 7.99. The van der Waals surface area contributed by atoms with Crippen LogP contribution in [0, 0.1) is 17.8 Å². The average molecular weight is 350 g/mol. The molecule has 1 aromatic heterocycles. The Labute approximate surface area is 144 Å². The molecule has 0 radical (unpaired) electrons. The van der Waals surface area contributed by atoms with Gasteiger partial charge in [0.2, 0.25) is 5.88 Å². The van der Waals surface area contributed by atoms with Crippen molar-refractivity contribution in [1.82, 2.24) is 9.97 Å². The van der Waals surface area contributed by atoms with E-state index >= 15 is 0 Å². The Bertz CT molecular complexity index is 667. The van der Waals surface area contributed by atoms with E-state index < -0.39 is 0 Å². The zero-order valence-electron chi connectivity index (χ0n) is 13.7. The van der Waals surface area contributed by atoms with Gasteiger partial charge in [-0.3, -0.25) is 9.59 Å². The van der Waals surface area contributed by atoms with E-state index in [-0.39, 0.29) is 28.8 Å². The molecule has 4 bridgehead atoms. The highest BCUT2D eigenvalue weighted by atomic mass is 32.2. The fourth-order valence-electron chi connectivity index (χ4n) is 5.14. The summed E-state index contributed by atoms with van der Waals surface area (Å²) in [6, 6.07) is 1.28. The SMILES string of the molecule is COc1cc(=O)[nH]c(SCC(=O)OC23CC4CC(CC(C4)C2)C3)n1. The molecular weight excluding hydrogens is 328 g/mol. The summed E-state index contributed by atoms with van der Waals surface area (Å²) in [5.41, 5.74) is -0.513. The van der Waals surface area contributed by atoms with Crippen molar-refractivity contribution in [3.8, 4) is 5.88 Å². The standard InChI is InChI=1S/C17H22N2O4S/c1-22-14-5-13(20)18-16(19-14)24-9-15(21)23-17-6-10-2-11(7-17)4-12(3-10)8-17/h5,10-12H,2-4,6-9H2,1H3,(H,18,19,20). The first-order chi connectivity index (χ1) is 11.5. The van der Waals surface area contributed by atoms with Crippen LogP contribution in [0.3, 0.4) is 0 Å². The highest BCUT2D eigenvalue weighted by Crippen LogP contribution is 2.57. The molecule has 130 valence electrons. The number of hydrogen-bond acceptors (Lipinski definition) is 6. The van der Waals surface area contributed by atoms with E-state index in [9.17, 15) is 9.59 Å². The third-order valence-corrected chi connectivity index (χ3v) is 6.39. The maximum absolute atomic E-state index is 12.3. The van der Waals surface area contributed by atoms with E-state index in [1.54, 1.807) is 0 Å². The number of aromatic amines is 1. The maximum Gasteiger partial charge on any atom is 0.316 e. The Balaban J connectivity index is 1.37. The van der Waals surface area contributed by atoms with Crippen LogP contribution in [0.4, 0.5) is 0 Å². The van der Waals surface area contributed by atoms with Crippen LogP contribution < -0.4 is 10.3 Å². The van der Waals surface area contributed by atoms with E-state index in [0.717, 1.165) is 37.0 Å². The summed E-state index contributed by atoms with van der Waals surface area (Å²) in [6.07, 6.45) is 7.05. The molecular formula is C17H22N2O4S. The molecule has 24 heavy (non-hydrogen) atoms. The van der Waals surface area contributed by atoms with Gasteiger partial charge < -0.3 is 14.5 Å². The van der Waals surface area contributed by atoms with E-state index in [4.69, 9.17) is 9.47 Å². The third-order valence-electron chi connectivity index (χ3n) is 5.54. The summed E-state index contributed by atoms with van der Waals surface area (Å²) < 4.78 is 10.9. The minimum Gasteiger partial charge on any atom is -0.481 e. The van der Waals surface area contributed by atoms with Gasteiger partial charge >= 0.3 is 5.97 Å². The van der Waals surface area contributed by atoms with Crippen LogP contribution in [-0.2, 0) is 9.53 Å². The molecule has 1 aromatic rings. The number of methoxy groups -OCH3 is 1. The van der Waals surface area contributed by atoms with Gasteiger partial charge in [-0.1, -0.05) is 11.8 Å². The first-order valence-corrected chi connectivity index (χ1v) is 9.52. The second-order valence-corrected chi connectivity index (χ2v) is 8.42. The molecule has 4 saturated carbocycles. The lowest BCUT2D eigenvalue weighted by molar-refractivity contribution is -0.183. The molecule has 0 spiro atoms. The minimum atomic E-state index is -0.293. The predicted octanol–water partition coefficient (Wildman–Crippen LogP) is 2.38. The quantitative estimate of drug-likeness (QED) is 0.499. The fraction of sp³-hybridized carbons (Fsp3) is 0.706. The molecule has 0 saturated heterocycles. The average Bonchev–Trinajstić information content (AvgIpc) is 2.50. The number of carbonyl (C=O) groups is 1. The Morgan fingerprint density at radius 3 is 2.50 bits per heavy atom. The van der Waals surface area contributed by atoms with Crippen LogP contribution in [-0.4, -0.2) is 34.4 Å². The number of nitrogens with zero attached hydrogens (tertiary/aromatic N) is 1. The normalized spacial score (nSPS) is 33.5. The van der Waals surface area contributed by atoms with Crippen LogP contribution >= 0.6 is 11.8 Å². The number of ether oxygens (including phenoxy) is 2. The van der Waals surface area contributed by atoms with Crippen molar-refractivity contribution in [2.45, 2.75) is 49.3 Å². The van der Waals surface area contributed by atoms with E-state index in [1.807, 2.05) is 0 Å². The van der Waals surface area contributed by atoms with Gasteiger partial charge in [-0.15, -0.1) is 0 Å². The van der Waals surface area contributed by atoms with E-state index in [1.165, 1.54) is 44.2 Å². The van der Waals surface area contributed by atoms with Crippen molar-refractivity contribution in [1.29, 1.82) is 0 Å². The Morgan fingerprint density at radius 1 is 1.29 bits per heavy atom. The minimum absolute atomic E-state index is 0.151. The van der Waals surface area contributed by atoms with Gasteiger partial charge in [0.1, 0.15) is 5.60 Å². The second-order valence-electron chi connectivity index (χ2n) is 7.46. The van der Waals surface area contributed by atoms with Crippen LogP contribution in [0.5, 0.6) is 5.88 Å². The second kappa shape index (κ2) is 6.10. The van der Waals surface area contributed by atoms with Crippen molar-refractivity contribution >= 4 is 17.7 Å². The number of hydrogen-bond donors (Lipinski definition) is 1. The van der Waals surface area contributed by atoms with Gasteiger partial charge in [0.15, 0.2) is 5.16 Å². The largest absolute Gasteiger partial charge is 0.481 e. The maximum atomic E-state index is 12.3. The van der Waals surface area contributed by atoms with Crippen molar-refractivity contribution < 1.29 is 14.3 Å². The van der Waals surface area contributed by atoms with Crippen molar-refractivity contribution in [3.05, 3.63) is 16.4 Å². The lowest BCUT2D eigenvalue weighted by atomic mass is 9.54. The molecule has 7 heteroatoms. The summed E-state index contributed by atoms with van der Waals surface area (Å²) in [6.45, 7) is 0. The lowest BCUT2D eigenvalue weighted by Gasteiger charge is -2.55. The molecule has 4 aliphatic carbocycles. The molecule has 0 unspecified atom stereocenters. The summed E-state index contributed by atoms with van der Waals surface area (Å²) in [7, 11) is 1.46. The number of thioether (sulfide) groups is 1. The Hall–Kier alpha value is -1.50. The van der Waals surface area contributed by atoms with E-state index in [2.05, 4.69) is 9.97 Å². The van der Waals surface area contributed by atoms with Crippen LogP contribution in [0.1, 0.15) is 38.5 Å². The molecule has 1 heterocycles. The number of nitrogens with one attached hydrogen (secondary N) is 1. The zero-order valence-corrected chi connectivity index (χ0v) is 14.6. The first-order valence-electron chi connectivity index (χ1n) is 8.53. The number of carbonyl (C=O) groups excluding carboxylic acids is 1. The molecule has 0 aliphatic heterocycles. The molecule has 6 nitrogen and oxygen atoms in total. The molecule has 1 N–H and O–H groups in total. The summed E-state index contributed by atoms with van der Waals surface area (Å²) in [4.78, 5) is 30.6. The summed E-state index contributed by atoms with van der Waals surface area (Å²) in [5.74, 6) is 2.41. The summed E-state index contributed by atoms with van der Waals surface area (Å²) >= 11 is 1.18. The highest BCUT2D eigenvalue weighted by Gasteiger charge is 2.53. The molecule has 4 fully saturated rings. The van der Waals surface area contributed by atoms with E-state index in [0.29, 0.717) is 5.16 Å².